The van der Waals surface area contributed by atoms with Crippen molar-refractivity contribution in [2.45, 2.75) is 34.7 Å². The minimum atomic E-state index is -4.75. The Morgan fingerprint density at radius 2 is 1.97 bits per heavy atom. The quantitative estimate of drug-likeness (QED) is 0.505. The molecule has 0 amide bonds. The van der Waals surface area contributed by atoms with Gasteiger partial charge in [-0.15, -0.1) is 11.3 Å². The van der Waals surface area contributed by atoms with E-state index in [0.29, 0.717) is 23.0 Å². The van der Waals surface area contributed by atoms with E-state index >= 15 is 0 Å². The summed E-state index contributed by atoms with van der Waals surface area (Å²) in [5.41, 5.74) is -3.02. The Bertz CT molecular complexity index is 1320. The van der Waals surface area contributed by atoms with E-state index in [9.17, 15) is 35.9 Å². The molecule has 0 radical (unpaired) electrons. The molecule has 1 aromatic carbocycles. The minimum absolute atomic E-state index is 0.0812. The standard InChI is InChI=1S/C19H14F4N2O5S2/c1-17(10-3-2-4-11(20)7-10)9-18(17,16(26)27)25-32(28,29)15-6-5-13(31-15)12-8-14(30-24-12)19(21,22)23/h2-8,25H,9H2,1H3,(H,26,27). The summed E-state index contributed by atoms with van der Waals surface area (Å²) in [6.07, 6.45) is -4.87. The number of aromatic nitrogens is 1. The Kier molecular flexibility index (Phi) is 4.99. The number of carbonyl (C=O) groups is 1. The molecule has 0 aliphatic heterocycles. The molecule has 1 aliphatic carbocycles. The maximum atomic E-state index is 13.7. The molecule has 0 spiro atoms. The number of halogens is 4. The van der Waals surface area contributed by atoms with Gasteiger partial charge in [0.05, 0.1) is 4.88 Å². The topological polar surface area (TPSA) is 110 Å². The van der Waals surface area contributed by atoms with Gasteiger partial charge in [-0.25, -0.2) is 12.8 Å². The predicted octanol–water partition coefficient (Wildman–Crippen LogP) is 4.02. The lowest BCUT2D eigenvalue weighted by Gasteiger charge is -2.20. The van der Waals surface area contributed by atoms with Gasteiger partial charge in [0.1, 0.15) is 21.3 Å². The van der Waals surface area contributed by atoms with Crippen molar-refractivity contribution in [1.29, 1.82) is 0 Å². The highest BCUT2D eigenvalue weighted by atomic mass is 32.2. The van der Waals surface area contributed by atoms with Crippen LogP contribution >= 0.6 is 11.3 Å². The third kappa shape index (κ3) is 3.59. The van der Waals surface area contributed by atoms with Gasteiger partial charge < -0.3 is 9.63 Å². The van der Waals surface area contributed by atoms with Gasteiger partial charge >= 0.3 is 12.1 Å². The van der Waals surface area contributed by atoms with Crippen LogP contribution in [0.2, 0.25) is 0 Å². The molecule has 13 heteroatoms. The van der Waals surface area contributed by atoms with Crippen molar-refractivity contribution >= 4 is 27.3 Å². The fraction of sp³-hybridized carbons (Fsp3) is 0.263. The Labute approximate surface area is 182 Å². The first kappa shape index (κ1) is 22.4. The van der Waals surface area contributed by atoms with E-state index in [2.05, 4.69) is 14.4 Å². The number of hydrogen-bond acceptors (Lipinski definition) is 6. The third-order valence-electron chi connectivity index (χ3n) is 5.46. The largest absolute Gasteiger partial charge is 0.480 e. The zero-order chi connectivity index (χ0) is 23.5. The van der Waals surface area contributed by atoms with Crippen LogP contribution in [0.1, 0.15) is 24.7 Å². The van der Waals surface area contributed by atoms with Gasteiger partial charge in [0.2, 0.25) is 5.76 Å². The lowest BCUT2D eigenvalue weighted by Crippen LogP contribution is -2.47. The van der Waals surface area contributed by atoms with E-state index in [1.807, 2.05) is 0 Å². The number of benzene rings is 1. The molecule has 1 saturated carbocycles. The number of carboxylic acids is 1. The lowest BCUT2D eigenvalue weighted by atomic mass is 9.93. The monoisotopic (exact) mass is 490 g/mol. The molecule has 32 heavy (non-hydrogen) atoms. The highest BCUT2D eigenvalue weighted by Crippen LogP contribution is 2.58. The van der Waals surface area contributed by atoms with E-state index in [1.54, 1.807) is 0 Å². The number of hydrogen-bond donors (Lipinski definition) is 2. The normalized spacial score (nSPS) is 23.3. The number of thiophene rings is 1. The maximum absolute atomic E-state index is 13.7. The van der Waals surface area contributed by atoms with E-state index in [-0.39, 0.29) is 21.2 Å². The second-order valence-electron chi connectivity index (χ2n) is 7.53. The second-order valence-corrected chi connectivity index (χ2v) is 10.5. The highest BCUT2D eigenvalue weighted by Gasteiger charge is 2.72. The first-order valence-electron chi connectivity index (χ1n) is 8.96. The molecule has 1 fully saturated rings. The SMILES string of the molecule is CC1(c2cccc(F)c2)CC1(NS(=O)(=O)c1ccc(-c2cc(C(F)(F)F)on2)s1)C(=O)O. The summed E-state index contributed by atoms with van der Waals surface area (Å²) in [5.74, 6) is -3.36. The van der Waals surface area contributed by atoms with Crippen LogP contribution in [0.25, 0.3) is 10.6 Å². The zero-order valence-electron chi connectivity index (χ0n) is 16.1. The lowest BCUT2D eigenvalue weighted by molar-refractivity contribution is -0.155. The van der Waals surface area contributed by atoms with E-state index in [1.165, 1.54) is 31.2 Å². The summed E-state index contributed by atoms with van der Waals surface area (Å²) < 4.78 is 83.7. The van der Waals surface area contributed by atoms with E-state index in [0.717, 1.165) is 12.1 Å². The molecule has 2 atom stereocenters. The molecular weight excluding hydrogens is 476 g/mol. The molecule has 1 aliphatic rings. The molecule has 2 N–H and O–H groups in total. The molecule has 2 unspecified atom stereocenters. The molecule has 2 aromatic heterocycles. The Morgan fingerprint density at radius 1 is 1.25 bits per heavy atom. The highest BCUT2D eigenvalue weighted by molar-refractivity contribution is 7.91. The molecule has 7 nitrogen and oxygen atoms in total. The number of carboxylic acid groups (broad SMARTS) is 1. The van der Waals surface area contributed by atoms with Crippen LogP contribution < -0.4 is 4.72 Å². The molecule has 3 aromatic rings. The van der Waals surface area contributed by atoms with E-state index < -0.39 is 44.7 Å². The zero-order valence-corrected chi connectivity index (χ0v) is 17.7. The smallest absolute Gasteiger partial charge is 0.452 e. The molecule has 0 bridgehead atoms. The number of rotatable bonds is 6. The van der Waals surface area contributed by atoms with Crippen molar-refractivity contribution in [1.82, 2.24) is 9.88 Å². The number of nitrogens with one attached hydrogen (secondary N) is 1. The molecule has 4 rings (SSSR count). The van der Waals surface area contributed by atoms with Crippen LogP contribution in [-0.4, -0.2) is 30.2 Å². The summed E-state index contributed by atoms with van der Waals surface area (Å²) >= 11 is 0.602. The fourth-order valence-electron chi connectivity index (χ4n) is 3.58. The van der Waals surface area contributed by atoms with Crippen molar-refractivity contribution in [2.24, 2.45) is 0 Å². The van der Waals surface area contributed by atoms with Crippen molar-refractivity contribution < 1.29 is 40.4 Å². The fourth-order valence-corrected chi connectivity index (χ4v) is 6.29. The first-order valence-corrected chi connectivity index (χ1v) is 11.3. The van der Waals surface area contributed by atoms with Crippen LogP contribution in [-0.2, 0) is 26.4 Å². The Hall–Kier alpha value is -2.77. The average molecular weight is 490 g/mol. The van der Waals surface area contributed by atoms with Crippen LogP contribution in [0.15, 0.2) is 51.2 Å². The third-order valence-corrected chi connectivity index (χ3v) is 8.55. The summed E-state index contributed by atoms with van der Waals surface area (Å²) in [4.78, 5) is 12.1. The van der Waals surface area contributed by atoms with Gasteiger partial charge in [-0.1, -0.05) is 24.2 Å². The van der Waals surface area contributed by atoms with E-state index in [4.69, 9.17) is 0 Å². The van der Waals surface area contributed by atoms with Crippen LogP contribution in [0.4, 0.5) is 17.6 Å². The summed E-state index contributed by atoms with van der Waals surface area (Å²) in [6, 6.07) is 8.23. The Balaban J connectivity index is 1.63. The number of aliphatic carboxylic acids is 1. The number of alkyl halides is 3. The van der Waals surface area contributed by atoms with Gasteiger partial charge in [0.15, 0.2) is 0 Å². The van der Waals surface area contributed by atoms with Gasteiger partial charge in [-0.3, -0.25) is 4.79 Å². The van der Waals surface area contributed by atoms with Gasteiger partial charge in [-0.2, -0.15) is 17.9 Å². The summed E-state index contributed by atoms with van der Waals surface area (Å²) in [7, 11) is -4.39. The van der Waals surface area contributed by atoms with Crippen LogP contribution in [0.5, 0.6) is 0 Å². The molecular formula is C19H14F4N2O5S2. The predicted molar refractivity (Wildman–Crippen MR) is 104 cm³/mol. The van der Waals surface area contributed by atoms with Crippen molar-refractivity contribution in [3.8, 4) is 10.6 Å². The van der Waals surface area contributed by atoms with Gasteiger partial charge in [0, 0.05) is 11.5 Å². The maximum Gasteiger partial charge on any atom is 0.452 e. The van der Waals surface area contributed by atoms with Crippen molar-refractivity contribution in [3.63, 3.8) is 0 Å². The summed E-state index contributed by atoms with van der Waals surface area (Å²) in [5, 5.41) is 13.1. The molecule has 0 saturated heterocycles. The average Bonchev–Trinajstić information content (AvgIpc) is 3.12. The molecule has 2 heterocycles. The van der Waals surface area contributed by atoms with Gasteiger partial charge in [-0.05, 0) is 36.2 Å². The van der Waals surface area contributed by atoms with Crippen molar-refractivity contribution in [3.05, 3.63) is 59.6 Å². The van der Waals surface area contributed by atoms with Crippen molar-refractivity contribution in [2.75, 3.05) is 0 Å². The number of nitrogens with zero attached hydrogens (tertiary/aromatic N) is 1. The molecule has 170 valence electrons. The van der Waals surface area contributed by atoms with Crippen LogP contribution in [0.3, 0.4) is 0 Å². The summed E-state index contributed by atoms with van der Waals surface area (Å²) in [6.45, 7) is 1.51. The second kappa shape index (κ2) is 7.12. The first-order chi connectivity index (χ1) is 14.8. The Morgan fingerprint density at radius 3 is 2.56 bits per heavy atom. The minimum Gasteiger partial charge on any atom is -0.480 e. The number of sulfonamides is 1. The van der Waals surface area contributed by atoms with Crippen LogP contribution in [0, 0.1) is 5.82 Å². The van der Waals surface area contributed by atoms with Gasteiger partial charge in [0.25, 0.3) is 10.0 Å².